The summed E-state index contributed by atoms with van der Waals surface area (Å²) in [7, 11) is 2.28. The molecule has 0 unspecified atom stereocenters. The number of nitrogens with zero attached hydrogens (tertiary/aromatic N) is 2. The van der Waals surface area contributed by atoms with Crippen LogP contribution in [-0.4, -0.2) is 22.3 Å². The van der Waals surface area contributed by atoms with E-state index in [0.717, 1.165) is 33.2 Å². The molecule has 0 atom stereocenters. The Balaban J connectivity index is 1.71. The Morgan fingerprint density at radius 1 is 1.14 bits per heavy atom. The molecule has 0 saturated heterocycles. The Kier molecular flexibility index (Phi) is 9.54. The molecular weight excluding hydrogens is 718 g/mol. The third kappa shape index (κ3) is 6.06. The van der Waals surface area contributed by atoms with Gasteiger partial charge in [-0.1, -0.05) is 31.4 Å². The second kappa shape index (κ2) is 12.4. The molecule has 1 heterocycles. The highest BCUT2D eigenvalue weighted by molar-refractivity contribution is 14.2. The molecular formula is C23H24I2N2O6S2. The lowest BCUT2D eigenvalue weighted by molar-refractivity contribution is -0.385. The maximum Gasteiger partial charge on any atom is 0.274 e. The van der Waals surface area contributed by atoms with Crippen molar-refractivity contribution in [1.82, 2.24) is 4.90 Å². The van der Waals surface area contributed by atoms with E-state index in [9.17, 15) is 14.9 Å². The first-order chi connectivity index (χ1) is 16.9. The third-order valence-electron chi connectivity index (χ3n) is 6.53. The van der Waals surface area contributed by atoms with Crippen molar-refractivity contribution in [3.8, 4) is 17.2 Å². The molecule has 0 spiro atoms. The number of amides is 1. The van der Waals surface area contributed by atoms with Gasteiger partial charge in [-0.2, -0.15) is 0 Å². The second-order valence-electron chi connectivity index (χ2n) is 8.64. The number of nitro groups is 1. The molecule has 1 fully saturated rings. The second-order valence-corrected chi connectivity index (χ2v) is 11.4. The third-order valence-corrected chi connectivity index (χ3v) is 8.10. The van der Waals surface area contributed by atoms with Crippen molar-refractivity contribution >= 4 is 72.4 Å². The molecule has 188 valence electrons. The number of hydrogen-bond acceptors (Lipinski definition) is 8. The summed E-state index contributed by atoms with van der Waals surface area (Å²) in [4.78, 5) is 26.7. The molecule has 1 saturated carbocycles. The van der Waals surface area contributed by atoms with Gasteiger partial charge in [0.1, 0.15) is 35.5 Å². The van der Waals surface area contributed by atoms with Crippen LogP contribution in [0.2, 0.25) is 0 Å². The molecule has 1 aliphatic heterocycles. The molecule has 2 aromatic carbocycles. The Morgan fingerprint density at radius 2 is 1.86 bits per heavy atom. The quantitative estimate of drug-likeness (QED) is 0.112. The molecule has 0 radical (unpaired) electrons. The highest BCUT2D eigenvalue weighted by atomic mass is 127. The van der Waals surface area contributed by atoms with Crippen LogP contribution in [0.4, 0.5) is 5.69 Å². The van der Waals surface area contributed by atoms with Crippen molar-refractivity contribution in [2.45, 2.75) is 52.1 Å². The SMILES string of the molecule is Cc1c(OSI)cc(OSI)c(C(=O)N2Cc3cccc([N+](=O)[O-])c3C2)c1OCC1CCCCC1. The predicted molar refractivity (Wildman–Crippen MR) is 154 cm³/mol. The number of hydrogen-bond donors (Lipinski definition) is 0. The lowest BCUT2D eigenvalue weighted by Crippen LogP contribution is -2.27. The summed E-state index contributed by atoms with van der Waals surface area (Å²) in [6, 6.07) is 6.67. The van der Waals surface area contributed by atoms with Crippen molar-refractivity contribution in [3.05, 3.63) is 56.6 Å². The molecule has 0 bridgehead atoms. The highest BCUT2D eigenvalue weighted by Crippen LogP contribution is 2.44. The Hall–Kier alpha value is -1.13. The number of fused-ring (bicyclic) bond motifs is 1. The maximum atomic E-state index is 13.9. The van der Waals surface area contributed by atoms with Crippen molar-refractivity contribution in [3.63, 3.8) is 0 Å². The van der Waals surface area contributed by atoms with Crippen LogP contribution in [-0.2, 0) is 13.1 Å². The monoisotopic (exact) mass is 742 g/mol. The van der Waals surface area contributed by atoms with Crippen LogP contribution in [0, 0.1) is 23.0 Å². The van der Waals surface area contributed by atoms with Gasteiger partial charge in [-0.15, -0.1) is 0 Å². The summed E-state index contributed by atoms with van der Waals surface area (Å²) in [5.41, 5.74) is 2.43. The number of halogens is 2. The van der Waals surface area contributed by atoms with E-state index in [1.165, 1.54) is 34.5 Å². The first-order valence-corrected chi connectivity index (χ1v) is 17.8. The zero-order valence-electron chi connectivity index (χ0n) is 19.0. The lowest BCUT2D eigenvalue weighted by Gasteiger charge is -2.25. The summed E-state index contributed by atoms with van der Waals surface area (Å²) in [6.45, 7) is 2.84. The zero-order valence-corrected chi connectivity index (χ0v) is 24.9. The Bertz CT molecular complexity index is 1110. The average Bonchev–Trinajstić information content (AvgIpc) is 3.30. The Labute approximate surface area is 236 Å². The van der Waals surface area contributed by atoms with Gasteiger partial charge in [-0.3, -0.25) is 14.9 Å². The van der Waals surface area contributed by atoms with Crippen molar-refractivity contribution in [2.75, 3.05) is 6.61 Å². The number of carbonyl (C=O) groups excluding carboxylic acids is 1. The summed E-state index contributed by atoms with van der Waals surface area (Å²) in [5, 5.41) is 11.5. The fraction of sp³-hybridized carbons (Fsp3) is 0.435. The number of rotatable bonds is 9. The van der Waals surface area contributed by atoms with Crippen LogP contribution < -0.4 is 13.1 Å². The molecule has 0 aromatic heterocycles. The van der Waals surface area contributed by atoms with Crippen LogP contribution in [0.5, 0.6) is 17.2 Å². The lowest BCUT2D eigenvalue weighted by atomic mass is 9.90. The first kappa shape index (κ1) is 26.9. The van der Waals surface area contributed by atoms with Gasteiger partial charge >= 0.3 is 0 Å². The van der Waals surface area contributed by atoms with Gasteiger partial charge in [0.05, 0.1) is 23.6 Å². The molecule has 2 aliphatic rings. The number of benzene rings is 2. The van der Waals surface area contributed by atoms with Gasteiger partial charge < -0.3 is 18.0 Å². The van der Waals surface area contributed by atoms with Crippen LogP contribution in [0.15, 0.2) is 24.3 Å². The molecule has 8 nitrogen and oxygen atoms in total. The van der Waals surface area contributed by atoms with Crippen molar-refractivity contribution in [2.24, 2.45) is 5.92 Å². The van der Waals surface area contributed by atoms with Crippen LogP contribution in [0.1, 0.15) is 59.2 Å². The van der Waals surface area contributed by atoms with E-state index in [1.807, 2.05) is 55.4 Å². The van der Waals surface area contributed by atoms with Gasteiger partial charge in [0, 0.05) is 66.7 Å². The largest absolute Gasteiger partial charge is 0.492 e. The summed E-state index contributed by atoms with van der Waals surface area (Å²) >= 11 is 4.05. The van der Waals surface area contributed by atoms with Gasteiger partial charge in [0.15, 0.2) is 5.75 Å². The van der Waals surface area contributed by atoms with E-state index in [0.29, 0.717) is 40.9 Å². The fourth-order valence-corrected chi connectivity index (χ4v) is 6.35. The number of ether oxygens (including phenoxy) is 1. The van der Waals surface area contributed by atoms with E-state index in [2.05, 4.69) is 0 Å². The van der Waals surface area contributed by atoms with Crippen LogP contribution >= 0.6 is 60.8 Å². The molecule has 1 aliphatic carbocycles. The minimum atomic E-state index is -0.398. The fourth-order valence-electron chi connectivity index (χ4n) is 4.75. The topological polar surface area (TPSA) is 91.1 Å². The number of carbonyl (C=O) groups is 1. The highest BCUT2D eigenvalue weighted by Gasteiger charge is 2.34. The van der Waals surface area contributed by atoms with E-state index in [-0.39, 0.29) is 24.7 Å². The minimum Gasteiger partial charge on any atom is -0.492 e. The first-order valence-electron chi connectivity index (χ1n) is 11.2. The van der Waals surface area contributed by atoms with Gasteiger partial charge in [-0.05, 0) is 31.2 Å². The predicted octanol–water partition coefficient (Wildman–Crippen LogP) is 7.77. The van der Waals surface area contributed by atoms with Gasteiger partial charge in [-0.25, -0.2) is 0 Å². The average molecular weight is 742 g/mol. The summed E-state index contributed by atoms with van der Waals surface area (Å²) < 4.78 is 17.9. The molecule has 12 heteroatoms. The summed E-state index contributed by atoms with van der Waals surface area (Å²) in [6.07, 6.45) is 5.86. The van der Waals surface area contributed by atoms with E-state index < -0.39 is 4.92 Å². The normalized spacial score (nSPS) is 15.6. The smallest absolute Gasteiger partial charge is 0.274 e. The van der Waals surface area contributed by atoms with Crippen LogP contribution in [0.25, 0.3) is 0 Å². The standard InChI is InChI=1S/C23H24I2N2O6S2/c1-14-19(32-34-24)10-20(33-35-25)21(22(14)31-13-15-6-3-2-4-7-15)23(28)26-11-16-8-5-9-18(27(29)30)17(16)12-26/h5,8-10,15H,2-4,6-7,11-13H2,1H3. The summed E-state index contributed by atoms with van der Waals surface area (Å²) in [5.74, 6) is 1.53. The Morgan fingerprint density at radius 3 is 2.54 bits per heavy atom. The van der Waals surface area contributed by atoms with E-state index in [1.54, 1.807) is 17.0 Å². The minimum absolute atomic E-state index is 0.0323. The van der Waals surface area contributed by atoms with E-state index in [4.69, 9.17) is 13.1 Å². The van der Waals surface area contributed by atoms with E-state index >= 15 is 0 Å². The van der Waals surface area contributed by atoms with Gasteiger partial charge in [0.25, 0.3) is 11.6 Å². The molecule has 0 N–H and O–H groups in total. The molecule has 4 rings (SSSR count). The van der Waals surface area contributed by atoms with Crippen LogP contribution in [0.3, 0.4) is 0 Å². The molecule has 1 amide bonds. The zero-order chi connectivity index (χ0) is 24.9. The van der Waals surface area contributed by atoms with Crippen molar-refractivity contribution in [1.29, 1.82) is 0 Å². The number of nitro benzene ring substituents is 1. The molecule has 2 aromatic rings. The molecule has 35 heavy (non-hydrogen) atoms. The van der Waals surface area contributed by atoms with Gasteiger partial charge in [0.2, 0.25) is 0 Å². The van der Waals surface area contributed by atoms with Crippen molar-refractivity contribution < 1.29 is 22.8 Å². The maximum absolute atomic E-state index is 13.9.